The molecule has 2 fully saturated rings. The zero-order valence-electron chi connectivity index (χ0n) is 37.9. The second-order valence-electron chi connectivity index (χ2n) is 16.5. The first-order valence-electron chi connectivity index (χ1n) is 22.0. The van der Waals surface area contributed by atoms with Crippen molar-refractivity contribution in [2.75, 3.05) is 52.5 Å². The van der Waals surface area contributed by atoms with Crippen LogP contribution in [0.15, 0.2) is 93.8 Å². The van der Waals surface area contributed by atoms with E-state index in [1.807, 2.05) is 0 Å². The standard InChI is InChI=1S/C23H23Cl2FN2O4.C14H20ClFN2O2.C9H5ClO3.C2HF3O2/c24-15-1-4-21-14(9-15)10-22(32-21)23(30)27-16-5-7-28(8-6-16)12-17(29)13-31-18-2-3-19(25)20(26)11-18;15-13-2-1-12(7-14(13)16)20-9-11(19)8-18-5-3-10(17)4-6-18;10-6-1-2-7-5(3-6)4-8(13-7)9(11)12;3-2(4,5)1(6)7/h1-4,9-11,16-17,29H,5-8,12-13H2,(H,27,30);1-2,7,10-11,19H,3-6,8-9,17H2;1-4H,(H,11,12);(H,6,7). The first-order chi connectivity index (χ1) is 34.0. The van der Waals surface area contributed by atoms with Gasteiger partial charge in [-0.3, -0.25) is 4.79 Å². The number of ether oxygens (including phenoxy) is 2. The third kappa shape index (κ3) is 18.6. The summed E-state index contributed by atoms with van der Waals surface area (Å²) < 4.78 is 79.9. The maximum absolute atomic E-state index is 13.5. The van der Waals surface area contributed by atoms with E-state index in [4.69, 9.17) is 85.5 Å². The van der Waals surface area contributed by atoms with Gasteiger partial charge >= 0.3 is 18.1 Å². The Bertz CT molecular complexity index is 2750. The van der Waals surface area contributed by atoms with Gasteiger partial charge in [-0.05, 0) is 112 Å². The number of fused-ring (bicyclic) bond motifs is 2. The van der Waals surface area contributed by atoms with Crippen LogP contribution in [0.3, 0.4) is 0 Å². The number of carbonyl (C=O) groups excluding carboxylic acids is 1. The molecule has 0 bridgehead atoms. The summed E-state index contributed by atoms with van der Waals surface area (Å²) >= 11 is 22.9. The number of aliphatic carboxylic acids is 1. The fourth-order valence-electron chi connectivity index (χ4n) is 7.12. The molecule has 2 unspecified atom stereocenters. The summed E-state index contributed by atoms with van der Waals surface area (Å²) in [7, 11) is 0. The predicted octanol–water partition coefficient (Wildman–Crippen LogP) is 9.57. The Kier molecular flexibility index (Phi) is 21.6. The lowest BCUT2D eigenvalue weighted by atomic mass is 10.0. The van der Waals surface area contributed by atoms with Crippen LogP contribution >= 0.6 is 46.4 Å². The van der Waals surface area contributed by atoms with Crippen molar-refractivity contribution in [1.29, 1.82) is 0 Å². The maximum Gasteiger partial charge on any atom is 0.490 e. The number of carboxylic acid groups (broad SMARTS) is 2. The average molecular weight is 1090 g/mol. The number of amides is 1. The number of halogens is 9. The van der Waals surface area contributed by atoms with Gasteiger partial charge in [-0.2, -0.15) is 13.2 Å². The minimum atomic E-state index is -5.08. The average Bonchev–Trinajstić information content (AvgIpc) is 3.96. The van der Waals surface area contributed by atoms with E-state index < -0.39 is 42.0 Å². The van der Waals surface area contributed by atoms with E-state index in [2.05, 4.69) is 15.1 Å². The Morgan fingerprint density at radius 3 is 1.50 bits per heavy atom. The van der Waals surface area contributed by atoms with Crippen molar-refractivity contribution >= 4 is 86.2 Å². The van der Waals surface area contributed by atoms with Gasteiger partial charge in [-0.1, -0.05) is 46.4 Å². The molecule has 0 aliphatic carbocycles. The van der Waals surface area contributed by atoms with Crippen molar-refractivity contribution in [3.63, 3.8) is 0 Å². The number of β-amino-alcohol motifs (C(OH)–C–C–N with tert-alkyl or cyclic N) is 2. The first kappa shape index (κ1) is 57.5. The Morgan fingerprint density at radius 2 is 1.08 bits per heavy atom. The van der Waals surface area contributed by atoms with Crippen molar-refractivity contribution < 1.29 is 75.1 Å². The number of aliphatic hydroxyl groups is 2. The molecule has 2 atom stereocenters. The van der Waals surface area contributed by atoms with Gasteiger partial charge in [0.2, 0.25) is 5.76 Å². The molecule has 2 aliphatic heterocycles. The van der Waals surface area contributed by atoms with Crippen LogP contribution in [-0.4, -0.2) is 131 Å². The Labute approximate surface area is 428 Å². The lowest BCUT2D eigenvalue weighted by Gasteiger charge is -2.33. The van der Waals surface area contributed by atoms with E-state index >= 15 is 0 Å². The number of nitrogens with zero attached hydrogens (tertiary/aromatic N) is 2. The molecule has 1 amide bonds. The van der Waals surface area contributed by atoms with E-state index in [-0.39, 0.29) is 52.8 Å². The summed E-state index contributed by atoms with van der Waals surface area (Å²) in [6, 6.07) is 22.0. The molecule has 390 valence electrons. The molecule has 2 aromatic heterocycles. The van der Waals surface area contributed by atoms with Gasteiger partial charge < -0.3 is 59.6 Å². The summed E-state index contributed by atoms with van der Waals surface area (Å²) in [6.07, 6.45) is -2.99. The number of furan rings is 2. The van der Waals surface area contributed by atoms with E-state index in [1.54, 1.807) is 54.6 Å². The van der Waals surface area contributed by atoms with Crippen LogP contribution in [0.2, 0.25) is 20.1 Å². The van der Waals surface area contributed by atoms with Gasteiger partial charge in [-0.15, -0.1) is 0 Å². The smallest absolute Gasteiger partial charge is 0.490 e. The quantitative estimate of drug-likeness (QED) is 0.0593. The molecule has 2 saturated heterocycles. The number of hydrogen-bond donors (Lipinski definition) is 6. The second-order valence-corrected chi connectivity index (χ2v) is 18.1. The van der Waals surface area contributed by atoms with Gasteiger partial charge in [0, 0.05) is 71.2 Å². The number of likely N-dealkylation sites (tertiary alicyclic amines) is 2. The van der Waals surface area contributed by atoms with Crippen LogP contribution in [0.5, 0.6) is 11.5 Å². The van der Waals surface area contributed by atoms with Crippen LogP contribution < -0.4 is 20.5 Å². The number of carbonyl (C=O) groups is 3. The van der Waals surface area contributed by atoms with Crippen molar-refractivity contribution in [3.05, 3.63) is 128 Å². The van der Waals surface area contributed by atoms with Crippen molar-refractivity contribution in [1.82, 2.24) is 15.1 Å². The Hall–Kier alpha value is -5.42. The van der Waals surface area contributed by atoms with E-state index in [0.717, 1.165) is 57.2 Å². The fraction of sp³-hybridized carbons (Fsp3) is 0.354. The summed E-state index contributed by atoms with van der Waals surface area (Å²) in [5.41, 5.74) is 6.98. The Morgan fingerprint density at radius 1 is 0.667 bits per heavy atom. The van der Waals surface area contributed by atoms with Gasteiger partial charge in [0.1, 0.15) is 59.7 Å². The summed E-state index contributed by atoms with van der Waals surface area (Å²) in [5.74, 6) is -4.29. The SMILES string of the molecule is NC1CCN(CC(O)COc2ccc(Cl)c(F)c2)CC1.O=C(NC1CCN(CC(O)COc2ccc(Cl)c(F)c2)CC1)c1cc2cc(Cl)ccc2o1.O=C(O)C(F)(F)F.O=C(O)c1cc2cc(Cl)ccc2o1. The van der Waals surface area contributed by atoms with E-state index in [0.29, 0.717) is 51.2 Å². The van der Waals surface area contributed by atoms with Crippen LogP contribution in [0.1, 0.15) is 46.8 Å². The molecule has 24 heteroatoms. The number of aromatic carboxylic acids is 1. The minimum absolute atomic E-state index is 0.0255. The summed E-state index contributed by atoms with van der Waals surface area (Å²) in [5, 5.41) is 41.7. The largest absolute Gasteiger partial charge is 0.491 e. The first-order valence-corrected chi connectivity index (χ1v) is 23.5. The number of alkyl halides is 3. The zero-order chi connectivity index (χ0) is 52.7. The highest BCUT2D eigenvalue weighted by Crippen LogP contribution is 2.26. The molecule has 6 aromatic rings. The molecule has 0 saturated carbocycles. The highest BCUT2D eigenvalue weighted by Gasteiger charge is 2.38. The molecule has 4 aromatic carbocycles. The molecule has 15 nitrogen and oxygen atoms in total. The van der Waals surface area contributed by atoms with E-state index in [9.17, 15) is 41.8 Å². The number of piperidine rings is 2. The predicted molar refractivity (Wildman–Crippen MR) is 259 cm³/mol. The van der Waals surface area contributed by atoms with Gasteiger partial charge in [0.15, 0.2) is 5.76 Å². The minimum Gasteiger partial charge on any atom is -0.491 e. The molecule has 0 radical (unpaired) electrons. The monoisotopic (exact) mass is 1090 g/mol. The third-order valence-corrected chi connectivity index (χ3v) is 11.9. The van der Waals surface area contributed by atoms with E-state index in [1.165, 1.54) is 30.3 Å². The summed E-state index contributed by atoms with van der Waals surface area (Å²) in [4.78, 5) is 36.3. The van der Waals surface area contributed by atoms with Gasteiger partial charge in [0.25, 0.3) is 5.91 Å². The maximum atomic E-state index is 13.5. The molecule has 0 spiro atoms. The fourth-order valence-corrected chi connectivity index (χ4v) is 7.71. The Balaban J connectivity index is 0.000000204. The number of aliphatic hydroxyl groups excluding tert-OH is 2. The molecular formula is C48H49Cl4F5N4O11. The molecule has 2 aliphatic rings. The van der Waals surface area contributed by atoms with Crippen molar-refractivity contribution in [3.8, 4) is 11.5 Å². The van der Waals surface area contributed by atoms with Crippen molar-refractivity contribution in [2.45, 2.75) is 56.2 Å². The van der Waals surface area contributed by atoms with Gasteiger partial charge in [0.05, 0.1) is 10.0 Å². The third-order valence-electron chi connectivity index (χ3n) is 10.8. The number of carboxylic acids is 2. The van der Waals surface area contributed by atoms with Crippen LogP contribution in [0.4, 0.5) is 22.0 Å². The van der Waals surface area contributed by atoms with Crippen LogP contribution in [0, 0.1) is 11.6 Å². The normalized spacial score (nSPS) is 15.5. The number of nitrogens with two attached hydrogens (primary N) is 1. The molecule has 7 N–H and O–H groups in total. The molecule has 8 rings (SSSR count). The lowest BCUT2D eigenvalue weighted by Crippen LogP contribution is -2.47. The number of benzene rings is 4. The number of hydrogen-bond acceptors (Lipinski definition) is 12. The number of nitrogens with one attached hydrogen (secondary N) is 1. The highest BCUT2D eigenvalue weighted by molar-refractivity contribution is 6.32. The molecule has 4 heterocycles. The number of rotatable bonds is 13. The highest BCUT2D eigenvalue weighted by atomic mass is 35.5. The van der Waals surface area contributed by atoms with Crippen LogP contribution in [0.25, 0.3) is 21.9 Å². The topological polar surface area (TPSA) is 221 Å². The van der Waals surface area contributed by atoms with Crippen LogP contribution in [-0.2, 0) is 4.79 Å². The van der Waals surface area contributed by atoms with Gasteiger partial charge in [-0.25, -0.2) is 18.4 Å². The zero-order valence-corrected chi connectivity index (χ0v) is 40.9. The summed E-state index contributed by atoms with van der Waals surface area (Å²) in [6.45, 7) is 4.41. The second kappa shape index (κ2) is 27.0. The lowest BCUT2D eigenvalue weighted by molar-refractivity contribution is -0.192. The molecular weight excluding hydrogens is 1050 g/mol. The molecule has 72 heavy (non-hydrogen) atoms. The van der Waals surface area contributed by atoms with Crippen molar-refractivity contribution in [2.24, 2.45) is 5.73 Å².